The largest absolute Gasteiger partial charge is 0.0879 e. The second-order valence-electron chi connectivity index (χ2n) is 3.21. The molecular weight excluding hydrogens is 132 g/mol. The molecule has 0 aromatic rings. The molecular formula is C11H18. The predicted molar refractivity (Wildman–Crippen MR) is 50.6 cm³/mol. The van der Waals surface area contributed by atoms with Gasteiger partial charge < -0.3 is 0 Å². The molecule has 0 aromatic carbocycles. The van der Waals surface area contributed by atoms with E-state index in [0.717, 1.165) is 0 Å². The van der Waals surface area contributed by atoms with Crippen molar-refractivity contribution in [1.29, 1.82) is 0 Å². The van der Waals surface area contributed by atoms with E-state index < -0.39 is 0 Å². The summed E-state index contributed by atoms with van der Waals surface area (Å²) in [7, 11) is 0. The molecule has 0 heterocycles. The van der Waals surface area contributed by atoms with Crippen LogP contribution in [0.15, 0.2) is 23.8 Å². The minimum atomic E-state index is 1.17. The zero-order valence-corrected chi connectivity index (χ0v) is 7.47. The zero-order valence-electron chi connectivity index (χ0n) is 7.47. The summed E-state index contributed by atoms with van der Waals surface area (Å²) in [5, 5.41) is 0. The Morgan fingerprint density at radius 3 is 3.09 bits per heavy atom. The number of allylic oxidation sites excluding steroid dienone is 4. The Kier molecular flexibility index (Phi) is 4.03. The molecule has 0 heteroatoms. The molecule has 0 aliphatic heterocycles. The maximum atomic E-state index is 2.40. The van der Waals surface area contributed by atoms with E-state index in [4.69, 9.17) is 0 Å². The van der Waals surface area contributed by atoms with Crippen LogP contribution in [-0.2, 0) is 0 Å². The highest BCUT2D eigenvalue weighted by Crippen LogP contribution is 2.17. The highest BCUT2D eigenvalue weighted by Gasteiger charge is 1.97. The number of hydrogen-bond donors (Lipinski definition) is 0. The summed E-state index contributed by atoms with van der Waals surface area (Å²) in [5.41, 5.74) is 1.68. The molecule has 0 nitrogen and oxygen atoms in total. The van der Waals surface area contributed by atoms with Crippen LogP contribution < -0.4 is 0 Å². The second-order valence-corrected chi connectivity index (χ2v) is 3.21. The molecule has 11 heavy (non-hydrogen) atoms. The van der Waals surface area contributed by atoms with Gasteiger partial charge in [-0.25, -0.2) is 0 Å². The van der Waals surface area contributed by atoms with Gasteiger partial charge in [-0.05, 0) is 32.1 Å². The molecule has 62 valence electrons. The fourth-order valence-electron chi connectivity index (χ4n) is 1.45. The molecule has 0 fully saturated rings. The van der Waals surface area contributed by atoms with Gasteiger partial charge in [0.2, 0.25) is 0 Å². The minimum absolute atomic E-state index is 1.17. The van der Waals surface area contributed by atoms with E-state index in [1.807, 2.05) is 0 Å². The van der Waals surface area contributed by atoms with Crippen molar-refractivity contribution in [3.8, 4) is 0 Å². The monoisotopic (exact) mass is 150 g/mol. The van der Waals surface area contributed by atoms with E-state index in [9.17, 15) is 0 Å². The van der Waals surface area contributed by atoms with Crippen molar-refractivity contribution in [2.75, 3.05) is 0 Å². The molecule has 0 spiro atoms. The Morgan fingerprint density at radius 2 is 2.27 bits per heavy atom. The van der Waals surface area contributed by atoms with Crippen molar-refractivity contribution in [2.24, 2.45) is 0 Å². The third kappa shape index (κ3) is 3.41. The molecule has 0 bridgehead atoms. The average molecular weight is 150 g/mol. The van der Waals surface area contributed by atoms with Crippen molar-refractivity contribution in [2.45, 2.75) is 45.4 Å². The predicted octanol–water partition coefficient (Wildman–Crippen LogP) is 3.84. The van der Waals surface area contributed by atoms with Crippen molar-refractivity contribution in [1.82, 2.24) is 0 Å². The molecule has 0 aromatic heterocycles. The average Bonchev–Trinajstić information content (AvgIpc) is 2.28. The first-order valence-corrected chi connectivity index (χ1v) is 4.76. The lowest BCUT2D eigenvalue weighted by atomic mass is 10.0. The van der Waals surface area contributed by atoms with Gasteiger partial charge in [-0.3, -0.25) is 0 Å². The summed E-state index contributed by atoms with van der Waals surface area (Å²) in [6.07, 6.45) is 14.7. The van der Waals surface area contributed by atoms with E-state index in [2.05, 4.69) is 25.2 Å². The summed E-state index contributed by atoms with van der Waals surface area (Å²) in [4.78, 5) is 0. The van der Waals surface area contributed by atoms with Crippen LogP contribution >= 0.6 is 0 Å². The first-order chi connectivity index (χ1) is 5.43. The van der Waals surface area contributed by atoms with E-state index in [0.29, 0.717) is 0 Å². The molecule has 0 atom stereocenters. The Hall–Kier alpha value is -0.520. The maximum absolute atomic E-state index is 2.40. The first kappa shape index (κ1) is 8.58. The highest BCUT2D eigenvalue weighted by atomic mass is 14.0. The van der Waals surface area contributed by atoms with Gasteiger partial charge in [0, 0.05) is 0 Å². The zero-order chi connectivity index (χ0) is 7.94. The smallest absolute Gasteiger partial charge is 0.0166 e. The van der Waals surface area contributed by atoms with Gasteiger partial charge in [-0.1, -0.05) is 37.1 Å². The highest BCUT2D eigenvalue weighted by molar-refractivity contribution is 5.09. The number of hydrogen-bond acceptors (Lipinski definition) is 0. The van der Waals surface area contributed by atoms with Crippen molar-refractivity contribution in [3.63, 3.8) is 0 Å². The fourth-order valence-corrected chi connectivity index (χ4v) is 1.45. The molecule has 0 amide bonds. The molecule has 0 saturated heterocycles. The van der Waals surface area contributed by atoms with Crippen LogP contribution in [0.4, 0.5) is 0 Å². The maximum Gasteiger partial charge on any atom is -0.0166 e. The lowest BCUT2D eigenvalue weighted by molar-refractivity contribution is 0.754. The lowest BCUT2D eigenvalue weighted by Crippen LogP contribution is -1.82. The van der Waals surface area contributed by atoms with Gasteiger partial charge in [-0.15, -0.1) is 0 Å². The van der Waals surface area contributed by atoms with Gasteiger partial charge in [0.25, 0.3) is 0 Å². The normalized spacial score (nSPS) is 17.7. The van der Waals surface area contributed by atoms with Crippen LogP contribution in [0.25, 0.3) is 0 Å². The molecule has 0 N–H and O–H groups in total. The van der Waals surface area contributed by atoms with Gasteiger partial charge in [-0.2, -0.15) is 0 Å². The van der Waals surface area contributed by atoms with Crippen LogP contribution in [0.2, 0.25) is 0 Å². The summed E-state index contributed by atoms with van der Waals surface area (Å²) in [6.45, 7) is 2.26. The van der Waals surface area contributed by atoms with Gasteiger partial charge >= 0.3 is 0 Å². The SMILES string of the molecule is CCCCC1=CCC=CCC1. The summed E-state index contributed by atoms with van der Waals surface area (Å²) in [6, 6.07) is 0. The Morgan fingerprint density at radius 1 is 1.36 bits per heavy atom. The summed E-state index contributed by atoms with van der Waals surface area (Å²) < 4.78 is 0. The Balaban J connectivity index is 2.27. The van der Waals surface area contributed by atoms with Crippen LogP contribution in [0.3, 0.4) is 0 Å². The third-order valence-corrected chi connectivity index (χ3v) is 2.19. The van der Waals surface area contributed by atoms with E-state index in [1.54, 1.807) is 5.57 Å². The summed E-state index contributed by atoms with van der Waals surface area (Å²) in [5.74, 6) is 0. The topological polar surface area (TPSA) is 0 Å². The number of rotatable bonds is 3. The quantitative estimate of drug-likeness (QED) is 0.536. The second kappa shape index (κ2) is 5.17. The Bertz CT molecular complexity index is 151. The fraction of sp³-hybridized carbons (Fsp3) is 0.636. The first-order valence-electron chi connectivity index (χ1n) is 4.76. The number of unbranched alkanes of at least 4 members (excludes halogenated alkanes) is 1. The van der Waals surface area contributed by atoms with Crippen LogP contribution in [0.1, 0.15) is 45.4 Å². The van der Waals surface area contributed by atoms with Gasteiger partial charge in [0.15, 0.2) is 0 Å². The van der Waals surface area contributed by atoms with Gasteiger partial charge in [0.05, 0.1) is 0 Å². The van der Waals surface area contributed by atoms with Crippen LogP contribution in [0.5, 0.6) is 0 Å². The van der Waals surface area contributed by atoms with Crippen molar-refractivity contribution < 1.29 is 0 Å². The lowest BCUT2D eigenvalue weighted by Gasteiger charge is -2.02. The summed E-state index contributed by atoms with van der Waals surface area (Å²) >= 11 is 0. The van der Waals surface area contributed by atoms with Crippen molar-refractivity contribution in [3.05, 3.63) is 23.8 Å². The molecule has 0 radical (unpaired) electrons. The molecule has 1 rings (SSSR count). The molecule has 1 aliphatic rings. The molecule has 1 aliphatic carbocycles. The standard InChI is InChI=1S/C11H18/c1-2-3-8-11-9-6-4-5-7-10-11/h4-5,9H,2-3,6-8,10H2,1H3. The third-order valence-electron chi connectivity index (χ3n) is 2.19. The Labute approximate surface area is 70.0 Å². The van der Waals surface area contributed by atoms with Crippen molar-refractivity contribution >= 4 is 0 Å². The van der Waals surface area contributed by atoms with E-state index in [-0.39, 0.29) is 0 Å². The van der Waals surface area contributed by atoms with Crippen LogP contribution in [0, 0.1) is 0 Å². The molecule has 0 unspecified atom stereocenters. The minimum Gasteiger partial charge on any atom is -0.0879 e. The van der Waals surface area contributed by atoms with Gasteiger partial charge in [0.1, 0.15) is 0 Å². The van der Waals surface area contributed by atoms with E-state index >= 15 is 0 Å². The molecule has 0 saturated carbocycles. The van der Waals surface area contributed by atoms with E-state index in [1.165, 1.54) is 38.5 Å². The van der Waals surface area contributed by atoms with Crippen LogP contribution in [-0.4, -0.2) is 0 Å².